The average Bonchev–Trinajstić information content (AvgIpc) is 2.25. The van der Waals surface area contributed by atoms with Gasteiger partial charge in [-0.25, -0.2) is 0 Å². The van der Waals surface area contributed by atoms with Gasteiger partial charge in [-0.15, -0.1) is 0 Å². The number of carbonyl (C=O) groups is 1. The number of Topliss-reactive ketones (excluding diaryl/α,β-unsaturated/α-hetero) is 1. The van der Waals surface area contributed by atoms with Crippen LogP contribution in [0.4, 0.5) is 0 Å². The second-order valence-electron chi connectivity index (χ2n) is 4.92. The molecule has 0 unspecified atom stereocenters. The highest BCUT2D eigenvalue weighted by Crippen LogP contribution is 2.27. The van der Waals surface area contributed by atoms with Gasteiger partial charge in [0.1, 0.15) is 5.75 Å². The fraction of sp³-hybridized carbons (Fsp3) is 0.533. The Labute approximate surface area is 103 Å². The number of benzene rings is 1. The van der Waals surface area contributed by atoms with Crippen molar-refractivity contribution in [3.05, 3.63) is 29.3 Å². The molecular weight excluding hydrogens is 212 g/mol. The third-order valence-corrected chi connectivity index (χ3v) is 3.40. The van der Waals surface area contributed by atoms with Crippen molar-refractivity contribution in [2.75, 3.05) is 6.61 Å². The van der Waals surface area contributed by atoms with Crippen molar-refractivity contribution >= 4 is 5.78 Å². The standard InChI is InChI=1S/C15H20O2/c1-3-15(16)13-7-11(2)8-14(9-13)17-10-12-5-4-6-12/h7-9,12H,3-6,10H2,1-2H3. The summed E-state index contributed by atoms with van der Waals surface area (Å²) in [6.07, 6.45) is 4.45. The minimum Gasteiger partial charge on any atom is -0.493 e. The van der Waals surface area contributed by atoms with Crippen LogP contribution in [0.3, 0.4) is 0 Å². The first-order chi connectivity index (χ1) is 8.19. The predicted octanol–water partition coefficient (Wildman–Crippen LogP) is 3.77. The molecule has 1 aromatic carbocycles. The second kappa shape index (κ2) is 5.35. The topological polar surface area (TPSA) is 26.3 Å². The van der Waals surface area contributed by atoms with Crippen LogP contribution >= 0.6 is 0 Å². The van der Waals surface area contributed by atoms with Crippen molar-refractivity contribution in [3.8, 4) is 5.75 Å². The van der Waals surface area contributed by atoms with Gasteiger partial charge in [0.25, 0.3) is 0 Å². The zero-order valence-corrected chi connectivity index (χ0v) is 10.7. The van der Waals surface area contributed by atoms with Crippen LogP contribution < -0.4 is 4.74 Å². The molecule has 2 rings (SSSR count). The molecule has 0 saturated heterocycles. The van der Waals surface area contributed by atoms with Gasteiger partial charge in [-0.2, -0.15) is 0 Å². The van der Waals surface area contributed by atoms with E-state index in [2.05, 4.69) is 0 Å². The van der Waals surface area contributed by atoms with E-state index in [0.717, 1.165) is 29.4 Å². The number of ether oxygens (including phenoxy) is 1. The molecule has 2 heteroatoms. The number of hydrogen-bond acceptors (Lipinski definition) is 2. The van der Waals surface area contributed by atoms with Crippen LogP contribution in [0.25, 0.3) is 0 Å². The van der Waals surface area contributed by atoms with Crippen LogP contribution in [-0.2, 0) is 0 Å². The normalized spacial score (nSPS) is 15.4. The van der Waals surface area contributed by atoms with Crippen molar-refractivity contribution in [1.82, 2.24) is 0 Å². The van der Waals surface area contributed by atoms with E-state index in [1.54, 1.807) is 0 Å². The monoisotopic (exact) mass is 232 g/mol. The predicted molar refractivity (Wildman–Crippen MR) is 68.6 cm³/mol. The summed E-state index contributed by atoms with van der Waals surface area (Å²) in [5, 5.41) is 0. The first-order valence-corrected chi connectivity index (χ1v) is 6.46. The van der Waals surface area contributed by atoms with E-state index in [4.69, 9.17) is 4.74 Å². The lowest BCUT2D eigenvalue weighted by atomic mass is 9.86. The summed E-state index contributed by atoms with van der Waals surface area (Å²) < 4.78 is 5.77. The highest BCUT2D eigenvalue weighted by Gasteiger charge is 2.18. The summed E-state index contributed by atoms with van der Waals surface area (Å²) in [5.41, 5.74) is 1.86. The van der Waals surface area contributed by atoms with Crippen molar-refractivity contribution in [2.24, 2.45) is 5.92 Å². The molecular formula is C15H20O2. The molecule has 0 bridgehead atoms. The van der Waals surface area contributed by atoms with E-state index in [9.17, 15) is 4.79 Å². The smallest absolute Gasteiger partial charge is 0.162 e. The van der Waals surface area contributed by atoms with E-state index in [-0.39, 0.29) is 5.78 Å². The second-order valence-corrected chi connectivity index (χ2v) is 4.92. The number of ketones is 1. The molecule has 0 spiro atoms. The lowest BCUT2D eigenvalue weighted by Crippen LogP contribution is -2.19. The Morgan fingerprint density at radius 1 is 1.35 bits per heavy atom. The molecule has 17 heavy (non-hydrogen) atoms. The molecule has 0 N–H and O–H groups in total. The Hall–Kier alpha value is -1.31. The van der Waals surface area contributed by atoms with E-state index in [1.807, 2.05) is 32.0 Å². The Morgan fingerprint density at radius 2 is 2.12 bits per heavy atom. The van der Waals surface area contributed by atoms with Gasteiger partial charge >= 0.3 is 0 Å². The molecule has 0 radical (unpaired) electrons. The molecule has 0 heterocycles. The third-order valence-electron chi connectivity index (χ3n) is 3.40. The largest absolute Gasteiger partial charge is 0.493 e. The summed E-state index contributed by atoms with van der Waals surface area (Å²) >= 11 is 0. The van der Waals surface area contributed by atoms with Gasteiger partial charge in [-0.3, -0.25) is 4.79 Å². The average molecular weight is 232 g/mol. The molecule has 0 aromatic heterocycles. The fourth-order valence-electron chi connectivity index (χ4n) is 2.07. The van der Waals surface area contributed by atoms with Gasteiger partial charge in [-0.05, 0) is 49.4 Å². The third kappa shape index (κ3) is 3.09. The number of rotatable bonds is 5. The highest BCUT2D eigenvalue weighted by atomic mass is 16.5. The van der Waals surface area contributed by atoms with Crippen molar-refractivity contribution < 1.29 is 9.53 Å². The van der Waals surface area contributed by atoms with Gasteiger partial charge < -0.3 is 4.74 Å². The lowest BCUT2D eigenvalue weighted by Gasteiger charge is -2.25. The Bertz CT molecular complexity index is 405. The summed E-state index contributed by atoms with van der Waals surface area (Å²) in [7, 11) is 0. The van der Waals surface area contributed by atoms with Crippen LogP contribution in [0.2, 0.25) is 0 Å². The van der Waals surface area contributed by atoms with Crippen LogP contribution in [0.15, 0.2) is 18.2 Å². The minimum absolute atomic E-state index is 0.183. The molecule has 1 aromatic rings. The van der Waals surface area contributed by atoms with Crippen LogP contribution in [0, 0.1) is 12.8 Å². The van der Waals surface area contributed by atoms with Gasteiger partial charge in [0.05, 0.1) is 6.61 Å². The molecule has 0 amide bonds. The summed E-state index contributed by atoms with van der Waals surface area (Å²) in [5.74, 6) is 1.75. The quantitative estimate of drug-likeness (QED) is 0.722. The number of carbonyl (C=O) groups excluding carboxylic acids is 1. The van der Waals surface area contributed by atoms with Crippen LogP contribution in [-0.4, -0.2) is 12.4 Å². The summed E-state index contributed by atoms with van der Waals surface area (Å²) in [6, 6.07) is 5.81. The molecule has 92 valence electrons. The molecule has 1 aliphatic rings. The van der Waals surface area contributed by atoms with E-state index in [1.165, 1.54) is 19.3 Å². The summed E-state index contributed by atoms with van der Waals surface area (Å²) in [6.45, 7) is 4.69. The molecule has 1 aliphatic carbocycles. The highest BCUT2D eigenvalue weighted by molar-refractivity contribution is 5.96. The van der Waals surface area contributed by atoms with E-state index < -0.39 is 0 Å². The maximum Gasteiger partial charge on any atom is 0.162 e. The zero-order chi connectivity index (χ0) is 12.3. The maximum atomic E-state index is 11.7. The molecule has 1 saturated carbocycles. The van der Waals surface area contributed by atoms with Crippen molar-refractivity contribution in [2.45, 2.75) is 39.5 Å². The maximum absolute atomic E-state index is 11.7. The molecule has 1 fully saturated rings. The Balaban J connectivity index is 2.04. The zero-order valence-electron chi connectivity index (χ0n) is 10.7. The number of hydrogen-bond donors (Lipinski definition) is 0. The van der Waals surface area contributed by atoms with Crippen LogP contribution in [0.5, 0.6) is 5.75 Å². The van der Waals surface area contributed by atoms with Gasteiger partial charge in [0, 0.05) is 12.0 Å². The van der Waals surface area contributed by atoms with Crippen molar-refractivity contribution in [1.29, 1.82) is 0 Å². The molecule has 2 nitrogen and oxygen atoms in total. The van der Waals surface area contributed by atoms with Crippen LogP contribution in [0.1, 0.15) is 48.5 Å². The van der Waals surface area contributed by atoms with E-state index >= 15 is 0 Å². The minimum atomic E-state index is 0.183. The summed E-state index contributed by atoms with van der Waals surface area (Å²) in [4.78, 5) is 11.7. The van der Waals surface area contributed by atoms with Gasteiger partial charge in [0.15, 0.2) is 5.78 Å². The van der Waals surface area contributed by atoms with Gasteiger partial charge in [-0.1, -0.05) is 13.3 Å². The van der Waals surface area contributed by atoms with Crippen molar-refractivity contribution in [3.63, 3.8) is 0 Å². The van der Waals surface area contributed by atoms with Gasteiger partial charge in [0.2, 0.25) is 0 Å². The molecule has 0 atom stereocenters. The first-order valence-electron chi connectivity index (χ1n) is 6.46. The lowest BCUT2D eigenvalue weighted by molar-refractivity contribution is 0.0987. The number of aryl methyl sites for hydroxylation is 1. The first kappa shape index (κ1) is 12.2. The molecule has 0 aliphatic heterocycles. The van der Waals surface area contributed by atoms with E-state index in [0.29, 0.717) is 6.42 Å². The Morgan fingerprint density at radius 3 is 2.71 bits per heavy atom. The fourth-order valence-corrected chi connectivity index (χ4v) is 2.07. The Kier molecular flexibility index (Phi) is 3.82. The SMILES string of the molecule is CCC(=O)c1cc(C)cc(OCC2CCC2)c1.